The number of amides is 3. The van der Waals surface area contributed by atoms with Gasteiger partial charge in [-0.1, -0.05) is 13.8 Å². The van der Waals surface area contributed by atoms with Crippen LogP contribution < -0.4 is 19.7 Å². The first-order chi connectivity index (χ1) is 14.8. The molecule has 3 unspecified atom stereocenters. The highest BCUT2D eigenvalue weighted by atomic mass is 16.5. The molecule has 4 rings (SSSR count). The van der Waals surface area contributed by atoms with Crippen molar-refractivity contribution in [3.8, 4) is 11.5 Å². The summed E-state index contributed by atoms with van der Waals surface area (Å²) in [7, 11) is 3.20. The second-order valence-corrected chi connectivity index (χ2v) is 8.52. The number of rotatable bonds is 5. The van der Waals surface area contributed by atoms with Crippen LogP contribution in [0, 0.1) is 5.92 Å². The number of benzene rings is 1. The predicted octanol–water partition coefficient (Wildman–Crippen LogP) is 2.58. The van der Waals surface area contributed by atoms with Crippen molar-refractivity contribution < 1.29 is 19.1 Å². The van der Waals surface area contributed by atoms with Crippen molar-refractivity contribution in [3.63, 3.8) is 0 Å². The average Bonchev–Trinajstić information content (AvgIpc) is 3.06. The van der Waals surface area contributed by atoms with Gasteiger partial charge in [0.2, 0.25) is 0 Å². The minimum Gasteiger partial charge on any atom is -0.493 e. The molecule has 2 aromatic rings. The van der Waals surface area contributed by atoms with E-state index in [1.54, 1.807) is 20.5 Å². The van der Waals surface area contributed by atoms with Gasteiger partial charge in [0.1, 0.15) is 18.2 Å². The number of anilines is 1. The van der Waals surface area contributed by atoms with Crippen LogP contribution in [0.3, 0.4) is 0 Å². The summed E-state index contributed by atoms with van der Waals surface area (Å²) in [5.74, 6) is 2.00. The zero-order valence-corrected chi connectivity index (χ0v) is 18.6. The topological polar surface area (TPSA) is 96.9 Å². The Kier molecular flexibility index (Phi) is 5.60. The van der Waals surface area contributed by atoms with E-state index in [-0.39, 0.29) is 29.9 Å². The first-order valence-electron chi connectivity index (χ1n) is 10.6. The third-order valence-corrected chi connectivity index (χ3v) is 6.27. The van der Waals surface area contributed by atoms with Crippen LogP contribution in [0.15, 0.2) is 18.5 Å². The lowest BCUT2D eigenvalue weighted by molar-refractivity contribution is -0.130. The van der Waals surface area contributed by atoms with Crippen molar-refractivity contribution in [2.24, 2.45) is 5.92 Å². The molecule has 1 N–H and O–H groups in total. The van der Waals surface area contributed by atoms with Gasteiger partial charge < -0.3 is 19.7 Å². The largest absolute Gasteiger partial charge is 0.493 e. The van der Waals surface area contributed by atoms with Crippen molar-refractivity contribution in [1.82, 2.24) is 20.2 Å². The number of piperidine rings is 1. The molecule has 31 heavy (non-hydrogen) atoms. The molecule has 0 radical (unpaired) electrons. The van der Waals surface area contributed by atoms with Crippen LogP contribution in [0.25, 0.3) is 10.9 Å². The highest BCUT2D eigenvalue weighted by molar-refractivity contribution is 6.04. The Hall–Kier alpha value is -3.10. The van der Waals surface area contributed by atoms with E-state index in [1.165, 1.54) is 4.90 Å². The van der Waals surface area contributed by atoms with Crippen LogP contribution in [0.2, 0.25) is 0 Å². The van der Waals surface area contributed by atoms with Crippen molar-refractivity contribution in [3.05, 3.63) is 18.5 Å². The van der Waals surface area contributed by atoms with Gasteiger partial charge in [-0.25, -0.2) is 14.8 Å². The van der Waals surface area contributed by atoms with Crippen molar-refractivity contribution in [1.29, 1.82) is 0 Å². The minimum atomic E-state index is -0.436. The van der Waals surface area contributed by atoms with E-state index in [2.05, 4.69) is 27.1 Å². The molecule has 3 heterocycles. The molecule has 2 aliphatic rings. The Morgan fingerprint density at radius 2 is 1.84 bits per heavy atom. The maximum absolute atomic E-state index is 12.8. The van der Waals surface area contributed by atoms with Gasteiger partial charge in [-0.15, -0.1) is 0 Å². The maximum Gasteiger partial charge on any atom is 0.325 e. The lowest BCUT2D eigenvalue weighted by Crippen LogP contribution is -2.51. The number of imide groups is 1. The fourth-order valence-corrected chi connectivity index (χ4v) is 4.61. The van der Waals surface area contributed by atoms with Gasteiger partial charge in [-0.3, -0.25) is 9.69 Å². The summed E-state index contributed by atoms with van der Waals surface area (Å²) in [5.41, 5.74) is 0.769. The zero-order chi connectivity index (χ0) is 22.3. The van der Waals surface area contributed by atoms with Crippen LogP contribution in [-0.2, 0) is 4.79 Å². The zero-order valence-electron chi connectivity index (χ0n) is 18.6. The third-order valence-electron chi connectivity index (χ3n) is 6.27. The summed E-state index contributed by atoms with van der Waals surface area (Å²) < 4.78 is 10.9. The summed E-state index contributed by atoms with van der Waals surface area (Å²) >= 11 is 0. The molecule has 0 bridgehead atoms. The van der Waals surface area contributed by atoms with Gasteiger partial charge in [0, 0.05) is 30.1 Å². The van der Waals surface area contributed by atoms with Gasteiger partial charge in [0.25, 0.3) is 5.91 Å². The molecule has 3 amide bonds. The second-order valence-electron chi connectivity index (χ2n) is 8.52. The molecule has 166 valence electrons. The van der Waals surface area contributed by atoms with E-state index in [4.69, 9.17) is 9.47 Å². The summed E-state index contributed by atoms with van der Waals surface area (Å²) in [4.78, 5) is 37.9. The molecule has 0 saturated carbocycles. The Morgan fingerprint density at radius 1 is 1.13 bits per heavy atom. The van der Waals surface area contributed by atoms with E-state index < -0.39 is 6.04 Å². The van der Waals surface area contributed by atoms with Crippen LogP contribution in [0.1, 0.15) is 33.6 Å². The number of methoxy groups -OCH3 is 2. The highest BCUT2D eigenvalue weighted by Crippen LogP contribution is 2.37. The van der Waals surface area contributed by atoms with Gasteiger partial charge >= 0.3 is 6.03 Å². The number of hydrogen-bond donors (Lipinski definition) is 1. The fraction of sp³-hybridized carbons (Fsp3) is 0.545. The van der Waals surface area contributed by atoms with E-state index in [9.17, 15) is 9.59 Å². The number of fused-ring (bicyclic) bond motifs is 1. The first-order valence-corrected chi connectivity index (χ1v) is 10.6. The van der Waals surface area contributed by atoms with Crippen LogP contribution in [0.5, 0.6) is 11.5 Å². The molecule has 0 spiro atoms. The van der Waals surface area contributed by atoms with Gasteiger partial charge in [-0.2, -0.15) is 0 Å². The monoisotopic (exact) mass is 427 g/mol. The SMILES string of the molecule is COc1cc2ncnc(N3CCC(N4C(=O)NC(C(C)C)C4=O)CC3C)c2cc1OC. The fourth-order valence-electron chi connectivity index (χ4n) is 4.61. The highest BCUT2D eigenvalue weighted by Gasteiger charge is 2.45. The van der Waals surface area contributed by atoms with E-state index in [0.29, 0.717) is 30.9 Å². The molecule has 2 saturated heterocycles. The summed E-state index contributed by atoms with van der Waals surface area (Å²) in [6.07, 6.45) is 2.92. The summed E-state index contributed by atoms with van der Waals surface area (Å²) in [6.45, 7) is 6.66. The first kappa shape index (κ1) is 21.1. The number of carbonyl (C=O) groups excluding carboxylic acids is 2. The number of carbonyl (C=O) groups is 2. The molecule has 2 fully saturated rings. The quantitative estimate of drug-likeness (QED) is 0.733. The van der Waals surface area contributed by atoms with E-state index in [1.807, 2.05) is 26.0 Å². The van der Waals surface area contributed by atoms with Crippen molar-refractivity contribution >= 4 is 28.7 Å². The Labute approximate surface area is 181 Å². The molecule has 0 aliphatic carbocycles. The number of hydrogen-bond acceptors (Lipinski definition) is 7. The average molecular weight is 428 g/mol. The van der Waals surface area contributed by atoms with Crippen LogP contribution in [-0.4, -0.2) is 65.7 Å². The number of aromatic nitrogens is 2. The van der Waals surface area contributed by atoms with Gasteiger partial charge in [0.15, 0.2) is 11.5 Å². The summed E-state index contributed by atoms with van der Waals surface area (Å²) in [5, 5.41) is 3.71. The van der Waals surface area contributed by atoms with Gasteiger partial charge in [-0.05, 0) is 31.7 Å². The molecule has 2 aliphatic heterocycles. The number of nitrogens with zero attached hydrogens (tertiary/aromatic N) is 4. The summed E-state index contributed by atoms with van der Waals surface area (Å²) in [6, 6.07) is 2.99. The smallest absolute Gasteiger partial charge is 0.325 e. The standard InChI is InChI=1S/C22H29N5O4/c1-12(2)19-21(28)27(22(29)25-19)14-6-7-26(13(3)8-14)20-15-9-17(30-4)18(31-5)10-16(15)23-11-24-20/h9-14,19H,6-8H2,1-5H3,(H,25,29). The molecule has 9 nitrogen and oxygen atoms in total. The van der Waals surface area contributed by atoms with E-state index >= 15 is 0 Å². The Bertz CT molecular complexity index is 1010. The molecule has 1 aromatic carbocycles. The second kappa shape index (κ2) is 8.20. The molecule has 3 atom stereocenters. The molecule has 9 heteroatoms. The lowest BCUT2D eigenvalue weighted by atomic mass is 9.95. The third kappa shape index (κ3) is 3.62. The van der Waals surface area contributed by atoms with Crippen LogP contribution in [0.4, 0.5) is 10.6 Å². The van der Waals surface area contributed by atoms with Crippen molar-refractivity contribution in [2.75, 3.05) is 25.7 Å². The normalized spacial score (nSPS) is 24.1. The Balaban J connectivity index is 1.59. The minimum absolute atomic E-state index is 0.0679. The molecular formula is C22H29N5O4. The lowest BCUT2D eigenvalue weighted by Gasteiger charge is -2.41. The number of urea groups is 1. The molecule has 1 aromatic heterocycles. The van der Waals surface area contributed by atoms with Crippen molar-refractivity contribution in [2.45, 2.75) is 51.7 Å². The molecular weight excluding hydrogens is 398 g/mol. The Morgan fingerprint density at radius 3 is 2.45 bits per heavy atom. The number of nitrogens with one attached hydrogen (secondary N) is 1. The maximum atomic E-state index is 12.8. The predicted molar refractivity (Wildman–Crippen MR) is 116 cm³/mol. The van der Waals surface area contributed by atoms with Crippen LogP contribution >= 0.6 is 0 Å². The van der Waals surface area contributed by atoms with E-state index in [0.717, 1.165) is 16.7 Å². The van der Waals surface area contributed by atoms with Gasteiger partial charge in [0.05, 0.1) is 19.7 Å². The number of ether oxygens (including phenoxy) is 2.